The van der Waals surface area contributed by atoms with Crippen molar-refractivity contribution < 1.29 is 4.79 Å². The van der Waals surface area contributed by atoms with Gasteiger partial charge in [-0.15, -0.1) is 0 Å². The highest BCUT2D eigenvalue weighted by Crippen LogP contribution is 2.34. The molecule has 172 valence electrons. The van der Waals surface area contributed by atoms with Gasteiger partial charge in [-0.2, -0.15) is 0 Å². The Bertz CT molecular complexity index is 922. The number of piperazine rings is 1. The molecule has 1 saturated carbocycles. The number of amides is 1. The van der Waals surface area contributed by atoms with Crippen LogP contribution in [0.25, 0.3) is 11.1 Å². The zero-order chi connectivity index (χ0) is 22.7. The minimum absolute atomic E-state index is 0.200. The highest BCUT2D eigenvalue weighted by molar-refractivity contribution is 5.96. The number of benzene rings is 2. The summed E-state index contributed by atoms with van der Waals surface area (Å²) >= 11 is 0. The van der Waals surface area contributed by atoms with Gasteiger partial charge in [-0.3, -0.25) is 4.79 Å². The molecule has 4 nitrogen and oxygen atoms in total. The summed E-state index contributed by atoms with van der Waals surface area (Å²) in [5.41, 5.74) is 7.26. The van der Waals surface area contributed by atoms with Crippen LogP contribution in [0.5, 0.6) is 0 Å². The summed E-state index contributed by atoms with van der Waals surface area (Å²) in [4.78, 5) is 20.3. The van der Waals surface area contributed by atoms with Crippen molar-refractivity contribution in [1.29, 1.82) is 0 Å². The fourth-order valence-corrected chi connectivity index (χ4v) is 5.31. The summed E-state index contributed by atoms with van der Waals surface area (Å²) in [5.74, 6) is 0.511. The van der Waals surface area contributed by atoms with Crippen molar-refractivity contribution in [2.24, 2.45) is 5.92 Å². The molecule has 0 bridgehead atoms. The van der Waals surface area contributed by atoms with Crippen LogP contribution < -0.4 is 9.80 Å². The Hall–Kier alpha value is -2.33. The Morgan fingerprint density at radius 3 is 2.19 bits per heavy atom. The smallest absolute Gasteiger partial charge is 0.230 e. The third-order valence-electron chi connectivity index (χ3n) is 7.60. The molecule has 2 aromatic carbocycles. The number of rotatable bonds is 6. The molecular formula is C28H39N3O. The van der Waals surface area contributed by atoms with E-state index in [0.717, 1.165) is 57.8 Å². The van der Waals surface area contributed by atoms with Gasteiger partial charge in [0.25, 0.3) is 0 Å². The highest BCUT2D eigenvalue weighted by atomic mass is 16.2. The monoisotopic (exact) mass is 433 g/mol. The summed E-state index contributed by atoms with van der Waals surface area (Å²) in [6, 6.07) is 13.5. The first-order valence-electron chi connectivity index (χ1n) is 12.5. The van der Waals surface area contributed by atoms with Crippen LogP contribution in [-0.4, -0.2) is 50.1 Å². The third kappa shape index (κ3) is 4.71. The Labute approximate surface area is 194 Å². The van der Waals surface area contributed by atoms with E-state index in [1.807, 2.05) is 4.90 Å². The summed E-state index contributed by atoms with van der Waals surface area (Å²) < 4.78 is 0. The molecule has 0 N–H and O–H groups in total. The van der Waals surface area contributed by atoms with Crippen LogP contribution in [0.4, 0.5) is 11.4 Å². The summed E-state index contributed by atoms with van der Waals surface area (Å²) in [6.45, 7) is 15.0. The molecule has 1 amide bonds. The normalized spacial score (nSPS) is 17.7. The molecule has 4 heteroatoms. The van der Waals surface area contributed by atoms with Gasteiger partial charge >= 0.3 is 0 Å². The van der Waals surface area contributed by atoms with Crippen LogP contribution in [-0.2, 0) is 4.79 Å². The van der Waals surface area contributed by atoms with Gasteiger partial charge in [-0.1, -0.05) is 38.0 Å². The van der Waals surface area contributed by atoms with E-state index in [9.17, 15) is 4.79 Å². The molecule has 2 aromatic rings. The highest BCUT2D eigenvalue weighted by Gasteiger charge is 2.28. The number of aryl methyl sites for hydroxylation is 1. The fourth-order valence-electron chi connectivity index (χ4n) is 5.31. The van der Waals surface area contributed by atoms with Gasteiger partial charge in [0.15, 0.2) is 0 Å². The number of hydrogen-bond donors (Lipinski definition) is 0. The third-order valence-corrected chi connectivity index (χ3v) is 7.60. The van der Waals surface area contributed by atoms with Crippen molar-refractivity contribution in [1.82, 2.24) is 4.90 Å². The topological polar surface area (TPSA) is 26.8 Å². The van der Waals surface area contributed by atoms with Crippen LogP contribution in [0, 0.1) is 19.8 Å². The average Bonchev–Trinajstić information content (AvgIpc) is 3.37. The van der Waals surface area contributed by atoms with Gasteiger partial charge in [0.1, 0.15) is 0 Å². The van der Waals surface area contributed by atoms with E-state index in [1.54, 1.807) is 0 Å². The first kappa shape index (κ1) is 22.8. The van der Waals surface area contributed by atoms with Crippen molar-refractivity contribution in [3.8, 4) is 11.1 Å². The van der Waals surface area contributed by atoms with Gasteiger partial charge in [-0.05, 0) is 80.6 Å². The summed E-state index contributed by atoms with van der Waals surface area (Å²) in [6.07, 6.45) is 4.46. The van der Waals surface area contributed by atoms with Gasteiger partial charge in [0, 0.05) is 50.0 Å². The van der Waals surface area contributed by atoms with Gasteiger partial charge in [0.05, 0.1) is 0 Å². The van der Waals surface area contributed by atoms with Crippen molar-refractivity contribution in [2.75, 3.05) is 49.1 Å². The van der Waals surface area contributed by atoms with Gasteiger partial charge in [0.2, 0.25) is 5.91 Å². The molecule has 32 heavy (non-hydrogen) atoms. The second-order valence-electron chi connectivity index (χ2n) is 9.47. The van der Waals surface area contributed by atoms with Crippen LogP contribution >= 0.6 is 0 Å². The Kier molecular flexibility index (Phi) is 7.20. The lowest BCUT2D eigenvalue weighted by molar-refractivity contribution is -0.122. The van der Waals surface area contributed by atoms with Crippen molar-refractivity contribution in [3.63, 3.8) is 0 Å². The average molecular weight is 434 g/mol. The van der Waals surface area contributed by atoms with Crippen LogP contribution in [0.3, 0.4) is 0 Å². The molecule has 1 aliphatic carbocycles. The molecule has 0 spiro atoms. The molecule has 0 radical (unpaired) electrons. The molecule has 2 aliphatic rings. The standard InChI is InChI=1S/C28H39N3O/c1-5-29-15-17-30(18-16-29)26-13-11-23(12-14-26)25-19-21(3)22(4)27(20-25)31(6-2)28(32)24-9-7-8-10-24/h11-14,19-20,24H,5-10,15-18H2,1-4H3. The van der Waals surface area contributed by atoms with E-state index in [1.165, 1.54) is 40.8 Å². The maximum absolute atomic E-state index is 13.3. The zero-order valence-electron chi connectivity index (χ0n) is 20.4. The lowest BCUT2D eigenvalue weighted by Gasteiger charge is -2.35. The largest absolute Gasteiger partial charge is 0.369 e. The molecule has 1 saturated heterocycles. The Morgan fingerprint density at radius 1 is 0.938 bits per heavy atom. The second kappa shape index (κ2) is 10.1. The molecular weight excluding hydrogens is 394 g/mol. The fraction of sp³-hybridized carbons (Fsp3) is 0.536. The van der Waals surface area contributed by atoms with E-state index in [-0.39, 0.29) is 5.92 Å². The number of anilines is 2. The minimum atomic E-state index is 0.200. The molecule has 1 heterocycles. The van der Waals surface area contributed by atoms with Gasteiger partial charge < -0.3 is 14.7 Å². The zero-order valence-corrected chi connectivity index (χ0v) is 20.4. The van der Waals surface area contributed by atoms with Crippen molar-refractivity contribution in [3.05, 3.63) is 47.5 Å². The number of likely N-dealkylation sites (N-methyl/N-ethyl adjacent to an activating group) is 1. The van der Waals surface area contributed by atoms with E-state index in [2.05, 4.69) is 73.9 Å². The predicted octanol–water partition coefficient (Wildman–Crippen LogP) is 5.66. The van der Waals surface area contributed by atoms with Crippen LogP contribution in [0.15, 0.2) is 36.4 Å². The van der Waals surface area contributed by atoms with E-state index in [4.69, 9.17) is 0 Å². The van der Waals surface area contributed by atoms with Crippen molar-refractivity contribution in [2.45, 2.75) is 53.4 Å². The van der Waals surface area contributed by atoms with E-state index >= 15 is 0 Å². The molecule has 0 atom stereocenters. The lowest BCUT2D eigenvalue weighted by atomic mass is 9.97. The van der Waals surface area contributed by atoms with Crippen LogP contribution in [0.1, 0.15) is 50.7 Å². The Morgan fingerprint density at radius 2 is 1.59 bits per heavy atom. The number of carbonyl (C=O) groups excluding carboxylic acids is 1. The molecule has 2 fully saturated rings. The SMILES string of the molecule is CCN1CCN(c2ccc(-c3cc(C)c(C)c(N(CC)C(=O)C4CCCC4)c3)cc2)CC1. The maximum atomic E-state index is 13.3. The number of carbonyl (C=O) groups is 1. The number of hydrogen-bond acceptors (Lipinski definition) is 3. The molecule has 0 unspecified atom stereocenters. The molecule has 0 aromatic heterocycles. The quantitative estimate of drug-likeness (QED) is 0.588. The second-order valence-corrected chi connectivity index (χ2v) is 9.47. The maximum Gasteiger partial charge on any atom is 0.230 e. The summed E-state index contributed by atoms with van der Waals surface area (Å²) in [7, 11) is 0. The minimum Gasteiger partial charge on any atom is -0.369 e. The predicted molar refractivity (Wildman–Crippen MR) is 136 cm³/mol. The van der Waals surface area contributed by atoms with E-state index < -0.39 is 0 Å². The lowest BCUT2D eigenvalue weighted by Crippen LogP contribution is -2.46. The van der Waals surface area contributed by atoms with Gasteiger partial charge in [-0.25, -0.2) is 0 Å². The van der Waals surface area contributed by atoms with Crippen molar-refractivity contribution >= 4 is 17.3 Å². The molecule has 4 rings (SSSR count). The van der Waals surface area contributed by atoms with Crippen LogP contribution in [0.2, 0.25) is 0 Å². The van der Waals surface area contributed by atoms with E-state index in [0.29, 0.717) is 5.91 Å². The molecule has 1 aliphatic heterocycles. The number of nitrogens with zero attached hydrogens (tertiary/aromatic N) is 3. The summed E-state index contributed by atoms with van der Waals surface area (Å²) in [5, 5.41) is 0. The first-order chi connectivity index (χ1) is 15.5. The Balaban J connectivity index is 1.57. The first-order valence-corrected chi connectivity index (χ1v) is 12.5.